The lowest BCUT2D eigenvalue weighted by molar-refractivity contribution is 0.281. The molecule has 0 unspecified atom stereocenters. The number of hydrogen-bond donors (Lipinski definition) is 2. The van der Waals surface area contributed by atoms with Gasteiger partial charge in [0.1, 0.15) is 0 Å². The van der Waals surface area contributed by atoms with Gasteiger partial charge in [-0.15, -0.1) is 0 Å². The Morgan fingerprint density at radius 3 is 2.30 bits per heavy atom. The van der Waals surface area contributed by atoms with Gasteiger partial charge in [-0.25, -0.2) is 8.42 Å². The summed E-state index contributed by atoms with van der Waals surface area (Å²) in [4.78, 5) is 0.293. The highest BCUT2D eigenvalue weighted by Gasteiger charge is 2.28. The normalized spacial score (nSPS) is 17.2. The molecule has 1 aliphatic rings. The Bertz CT molecular complexity index is 994. The molecule has 2 N–H and O–H groups in total. The second-order valence-electron chi connectivity index (χ2n) is 7.28. The van der Waals surface area contributed by atoms with Crippen LogP contribution in [0, 0.1) is 5.92 Å². The van der Waals surface area contributed by atoms with E-state index in [9.17, 15) is 8.42 Å². The van der Waals surface area contributed by atoms with E-state index in [1.807, 2.05) is 6.07 Å². The zero-order valence-electron chi connectivity index (χ0n) is 17.3. The van der Waals surface area contributed by atoms with E-state index in [1.54, 1.807) is 54.9 Å². The number of anilines is 2. The van der Waals surface area contributed by atoms with Gasteiger partial charge >= 0.3 is 0 Å². The van der Waals surface area contributed by atoms with Crippen LogP contribution in [0.5, 0.6) is 11.5 Å². The first-order valence-corrected chi connectivity index (χ1v) is 11.6. The maximum absolute atomic E-state index is 12.9. The van der Waals surface area contributed by atoms with E-state index in [1.165, 1.54) is 0 Å². The van der Waals surface area contributed by atoms with Gasteiger partial charge in [0.25, 0.3) is 0 Å². The third-order valence-corrected chi connectivity index (χ3v) is 7.09. The van der Waals surface area contributed by atoms with Crippen LogP contribution in [-0.2, 0) is 10.0 Å². The van der Waals surface area contributed by atoms with E-state index in [-0.39, 0.29) is 0 Å². The minimum Gasteiger partial charge on any atom is -0.493 e. The summed E-state index contributed by atoms with van der Waals surface area (Å²) in [7, 11) is -0.328. The van der Waals surface area contributed by atoms with Crippen LogP contribution in [0.15, 0.2) is 47.4 Å². The van der Waals surface area contributed by atoms with Crippen molar-refractivity contribution in [3.05, 3.63) is 42.5 Å². The summed E-state index contributed by atoms with van der Waals surface area (Å²) in [5, 5.41) is 6.52. The fourth-order valence-electron chi connectivity index (χ4n) is 3.43. The molecule has 9 heteroatoms. The van der Waals surface area contributed by atoms with Gasteiger partial charge in [0, 0.05) is 30.5 Å². The SMILES string of the molecule is COc1ccc(NC(=S)Nc2ccc(S(=O)(=O)N3CCC[C@@H](C)C3)cc2)cc1OC. The maximum atomic E-state index is 12.9. The number of nitrogens with one attached hydrogen (secondary N) is 2. The van der Waals surface area contributed by atoms with Crippen molar-refractivity contribution in [3.8, 4) is 11.5 Å². The Labute approximate surface area is 183 Å². The number of ether oxygens (including phenoxy) is 2. The van der Waals surface area contributed by atoms with Gasteiger partial charge < -0.3 is 20.1 Å². The van der Waals surface area contributed by atoms with E-state index in [0.29, 0.717) is 46.2 Å². The zero-order valence-corrected chi connectivity index (χ0v) is 19.0. The van der Waals surface area contributed by atoms with Crippen LogP contribution in [0.1, 0.15) is 19.8 Å². The standard InChI is InChI=1S/C21H27N3O4S2/c1-15-5-4-12-24(14-15)30(25,26)18-9-6-16(7-10-18)22-21(29)23-17-8-11-19(27-2)20(13-17)28-3/h6-11,13,15H,4-5,12,14H2,1-3H3,(H2,22,23,29)/t15-/m1/s1. The van der Waals surface area contributed by atoms with E-state index in [2.05, 4.69) is 17.6 Å². The molecule has 1 aliphatic heterocycles. The molecule has 3 rings (SSSR count). The molecule has 0 aromatic heterocycles. The maximum Gasteiger partial charge on any atom is 0.243 e. The lowest BCUT2D eigenvalue weighted by atomic mass is 10.0. The largest absolute Gasteiger partial charge is 0.493 e. The molecule has 2 aromatic carbocycles. The van der Waals surface area contributed by atoms with Gasteiger partial charge in [-0.2, -0.15) is 4.31 Å². The molecule has 1 saturated heterocycles. The zero-order chi connectivity index (χ0) is 21.7. The van der Waals surface area contributed by atoms with Crippen LogP contribution in [-0.4, -0.2) is 45.1 Å². The molecule has 1 fully saturated rings. The van der Waals surface area contributed by atoms with Crippen molar-refractivity contribution >= 4 is 38.7 Å². The molecule has 1 atom stereocenters. The summed E-state index contributed by atoms with van der Waals surface area (Å²) in [6.07, 6.45) is 1.97. The first kappa shape index (κ1) is 22.3. The summed E-state index contributed by atoms with van der Waals surface area (Å²) in [5.41, 5.74) is 1.43. The van der Waals surface area contributed by atoms with Gasteiger partial charge in [0.15, 0.2) is 16.6 Å². The Morgan fingerprint density at radius 2 is 1.67 bits per heavy atom. The summed E-state index contributed by atoms with van der Waals surface area (Å²) < 4.78 is 37.8. The number of hydrogen-bond acceptors (Lipinski definition) is 5. The molecule has 0 aliphatic carbocycles. The number of benzene rings is 2. The highest BCUT2D eigenvalue weighted by Crippen LogP contribution is 2.30. The number of sulfonamides is 1. The first-order valence-electron chi connectivity index (χ1n) is 9.73. The molecule has 7 nitrogen and oxygen atoms in total. The highest BCUT2D eigenvalue weighted by atomic mass is 32.2. The highest BCUT2D eigenvalue weighted by molar-refractivity contribution is 7.89. The minimum atomic E-state index is -3.47. The van der Waals surface area contributed by atoms with Gasteiger partial charge in [-0.3, -0.25) is 0 Å². The fourth-order valence-corrected chi connectivity index (χ4v) is 5.27. The molecule has 1 heterocycles. The average molecular weight is 450 g/mol. The van der Waals surface area contributed by atoms with Gasteiger partial charge in [0.05, 0.1) is 19.1 Å². The van der Waals surface area contributed by atoms with Crippen LogP contribution < -0.4 is 20.1 Å². The van der Waals surface area contributed by atoms with Crippen LogP contribution >= 0.6 is 12.2 Å². The van der Waals surface area contributed by atoms with Crippen LogP contribution in [0.4, 0.5) is 11.4 Å². The smallest absolute Gasteiger partial charge is 0.243 e. The Kier molecular flexibility index (Phi) is 7.17. The lowest BCUT2D eigenvalue weighted by Gasteiger charge is -2.30. The second-order valence-corrected chi connectivity index (χ2v) is 9.63. The van der Waals surface area contributed by atoms with Crippen LogP contribution in [0.25, 0.3) is 0 Å². The van der Waals surface area contributed by atoms with Crippen molar-refractivity contribution < 1.29 is 17.9 Å². The number of methoxy groups -OCH3 is 2. The first-order chi connectivity index (χ1) is 14.3. The van der Waals surface area contributed by atoms with E-state index < -0.39 is 10.0 Å². The van der Waals surface area contributed by atoms with Crippen molar-refractivity contribution in [2.75, 3.05) is 37.9 Å². The summed E-state index contributed by atoms with van der Waals surface area (Å²) in [5.74, 6) is 1.60. The molecule has 0 radical (unpaired) electrons. The molecule has 0 spiro atoms. The monoisotopic (exact) mass is 449 g/mol. The number of piperidine rings is 1. The second kappa shape index (κ2) is 9.63. The molecule has 0 amide bonds. The summed E-state index contributed by atoms with van der Waals surface area (Å²) in [6, 6.07) is 12.0. The Morgan fingerprint density at radius 1 is 1.03 bits per heavy atom. The van der Waals surface area contributed by atoms with Crippen LogP contribution in [0.3, 0.4) is 0 Å². The molecule has 162 valence electrons. The molecule has 2 aromatic rings. The summed E-state index contributed by atoms with van der Waals surface area (Å²) >= 11 is 5.36. The van der Waals surface area contributed by atoms with Gasteiger partial charge in [-0.05, 0) is 67.4 Å². The fraction of sp³-hybridized carbons (Fsp3) is 0.381. The van der Waals surface area contributed by atoms with Crippen LogP contribution in [0.2, 0.25) is 0 Å². The van der Waals surface area contributed by atoms with E-state index in [0.717, 1.165) is 18.5 Å². The lowest BCUT2D eigenvalue weighted by Crippen LogP contribution is -2.39. The van der Waals surface area contributed by atoms with Crippen molar-refractivity contribution in [3.63, 3.8) is 0 Å². The van der Waals surface area contributed by atoms with Crippen molar-refractivity contribution in [2.24, 2.45) is 5.92 Å². The number of nitrogens with zero attached hydrogens (tertiary/aromatic N) is 1. The predicted octanol–water partition coefficient (Wildman–Crippen LogP) is 3.93. The Hall–Kier alpha value is -2.36. The third kappa shape index (κ3) is 5.21. The van der Waals surface area contributed by atoms with Gasteiger partial charge in [0.2, 0.25) is 10.0 Å². The van der Waals surface area contributed by atoms with E-state index >= 15 is 0 Å². The Balaban J connectivity index is 1.64. The minimum absolute atomic E-state index is 0.293. The molecular formula is C21H27N3O4S2. The van der Waals surface area contributed by atoms with Crippen molar-refractivity contribution in [1.82, 2.24) is 4.31 Å². The van der Waals surface area contributed by atoms with E-state index in [4.69, 9.17) is 21.7 Å². The molecule has 0 bridgehead atoms. The predicted molar refractivity (Wildman–Crippen MR) is 123 cm³/mol. The molecule has 30 heavy (non-hydrogen) atoms. The number of rotatable bonds is 6. The van der Waals surface area contributed by atoms with Crippen molar-refractivity contribution in [2.45, 2.75) is 24.7 Å². The third-order valence-electron chi connectivity index (χ3n) is 5.01. The number of thiocarbonyl (C=S) groups is 1. The summed E-state index contributed by atoms with van der Waals surface area (Å²) in [6.45, 7) is 3.23. The van der Waals surface area contributed by atoms with Crippen molar-refractivity contribution in [1.29, 1.82) is 0 Å². The van der Waals surface area contributed by atoms with Gasteiger partial charge in [-0.1, -0.05) is 6.92 Å². The molecular weight excluding hydrogens is 422 g/mol. The topological polar surface area (TPSA) is 79.9 Å². The average Bonchev–Trinajstić information content (AvgIpc) is 2.74. The quantitative estimate of drug-likeness (QED) is 0.647. The molecule has 0 saturated carbocycles.